The van der Waals surface area contributed by atoms with E-state index in [1.54, 1.807) is 0 Å². The lowest BCUT2D eigenvalue weighted by Crippen LogP contribution is -2.63. The summed E-state index contributed by atoms with van der Waals surface area (Å²) in [7, 11) is 1.34. The van der Waals surface area contributed by atoms with Crippen molar-refractivity contribution in [1.82, 2.24) is 0 Å². The van der Waals surface area contributed by atoms with Crippen molar-refractivity contribution in [1.29, 1.82) is 0 Å². The molecule has 2 N–H and O–H groups in total. The van der Waals surface area contributed by atoms with Crippen LogP contribution in [0.3, 0.4) is 0 Å². The summed E-state index contributed by atoms with van der Waals surface area (Å²) < 4.78 is 26.1. The van der Waals surface area contributed by atoms with Gasteiger partial charge in [0.15, 0.2) is 24.6 Å². The molecule has 0 aromatic carbocycles. The van der Waals surface area contributed by atoms with Crippen LogP contribution in [0.5, 0.6) is 0 Å². The highest BCUT2D eigenvalue weighted by atomic mass is 16.7. The van der Waals surface area contributed by atoms with Crippen LogP contribution in [0.25, 0.3) is 0 Å². The van der Waals surface area contributed by atoms with E-state index in [4.69, 9.17) is 29.4 Å². The quantitative estimate of drug-likeness (QED) is 0.507. The van der Waals surface area contributed by atoms with Crippen LogP contribution in [-0.4, -0.2) is 62.3 Å². The molecule has 0 spiro atoms. The highest BCUT2D eigenvalue weighted by Crippen LogP contribution is 2.28. The molecule has 0 radical (unpaired) electrons. The fourth-order valence-electron chi connectivity index (χ4n) is 2.23. The van der Waals surface area contributed by atoms with Crippen molar-refractivity contribution in [3.63, 3.8) is 0 Å². The Labute approximate surface area is 128 Å². The van der Waals surface area contributed by atoms with Gasteiger partial charge in [0, 0.05) is 34.4 Å². The van der Waals surface area contributed by atoms with Crippen LogP contribution < -0.4 is 5.73 Å². The standard InChI is InChI=1S/C13H21NO8/c1-6(15)19-10-9(5-14)22-13(18-4)12(21-8(3)17)11(10)20-7(2)16/h9-13H,5,14H2,1-4H3/t9-,10-,11+,12-,13+/m1/s1. The van der Waals surface area contributed by atoms with Gasteiger partial charge in [-0.25, -0.2) is 0 Å². The van der Waals surface area contributed by atoms with Gasteiger partial charge < -0.3 is 29.4 Å². The third-order valence-electron chi connectivity index (χ3n) is 2.96. The maximum absolute atomic E-state index is 11.3. The summed E-state index contributed by atoms with van der Waals surface area (Å²) in [6.45, 7) is 3.56. The first kappa shape index (κ1) is 18.3. The van der Waals surface area contributed by atoms with E-state index in [0.29, 0.717) is 0 Å². The summed E-state index contributed by atoms with van der Waals surface area (Å²) >= 11 is 0. The second-order valence-corrected chi connectivity index (χ2v) is 4.74. The highest BCUT2D eigenvalue weighted by molar-refractivity contribution is 5.68. The molecule has 0 bridgehead atoms. The number of methoxy groups -OCH3 is 1. The van der Waals surface area contributed by atoms with Crippen molar-refractivity contribution in [3.05, 3.63) is 0 Å². The first-order valence-corrected chi connectivity index (χ1v) is 6.70. The largest absolute Gasteiger partial charge is 0.456 e. The van der Waals surface area contributed by atoms with E-state index in [2.05, 4.69) is 0 Å². The monoisotopic (exact) mass is 319 g/mol. The summed E-state index contributed by atoms with van der Waals surface area (Å²) in [6, 6.07) is 0. The van der Waals surface area contributed by atoms with Crippen LogP contribution >= 0.6 is 0 Å². The third kappa shape index (κ3) is 4.65. The first-order chi connectivity index (χ1) is 10.3. The number of esters is 3. The molecule has 9 nitrogen and oxygen atoms in total. The molecule has 1 saturated heterocycles. The van der Waals surface area contributed by atoms with Crippen LogP contribution in [0.4, 0.5) is 0 Å². The fourth-order valence-corrected chi connectivity index (χ4v) is 2.23. The summed E-state index contributed by atoms with van der Waals surface area (Å²) in [5.74, 6) is -1.87. The van der Waals surface area contributed by atoms with Crippen molar-refractivity contribution in [2.45, 2.75) is 51.5 Å². The second kappa shape index (κ2) is 8.06. The van der Waals surface area contributed by atoms with Gasteiger partial charge in [0.25, 0.3) is 0 Å². The molecule has 0 saturated carbocycles. The van der Waals surface area contributed by atoms with Gasteiger partial charge in [0.2, 0.25) is 0 Å². The molecule has 0 amide bonds. The Hall–Kier alpha value is -1.71. The summed E-state index contributed by atoms with van der Waals surface area (Å²) in [4.78, 5) is 33.9. The second-order valence-electron chi connectivity index (χ2n) is 4.74. The van der Waals surface area contributed by atoms with E-state index in [0.717, 1.165) is 0 Å². The number of rotatable bonds is 5. The van der Waals surface area contributed by atoms with E-state index in [1.165, 1.54) is 27.9 Å². The molecule has 1 aliphatic rings. The molecule has 22 heavy (non-hydrogen) atoms. The lowest BCUT2D eigenvalue weighted by Gasteiger charge is -2.43. The maximum Gasteiger partial charge on any atom is 0.303 e. The van der Waals surface area contributed by atoms with Crippen LogP contribution in [-0.2, 0) is 38.1 Å². The molecule has 1 aliphatic heterocycles. The van der Waals surface area contributed by atoms with Gasteiger partial charge in [-0.05, 0) is 0 Å². The lowest BCUT2D eigenvalue weighted by atomic mass is 9.98. The van der Waals surface area contributed by atoms with Crippen molar-refractivity contribution in [3.8, 4) is 0 Å². The van der Waals surface area contributed by atoms with Crippen LogP contribution in [0, 0.1) is 0 Å². The lowest BCUT2D eigenvalue weighted by molar-refractivity contribution is -0.296. The number of carbonyl (C=O) groups is 3. The van der Waals surface area contributed by atoms with E-state index in [9.17, 15) is 14.4 Å². The minimum absolute atomic E-state index is 0.0115. The van der Waals surface area contributed by atoms with Gasteiger partial charge in [-0.3, -0.25) is 14.4 Å². The average molecular weight is 319 g/mol. The van der Waals surface area contributed by atoms with Crippen LogP contribution in [0.15, 0.2) is 0 Å². The Bertz CT molecular complexity index is 396. The number of nitrogens with two attached hydrogens (primary N) is 1. The third-order valence-corrected chi connectivity index (χ3v) is 2.96. The number of hydrogen-bond donors (Lipinski definition) is 1. The molecule has 0 unspecified atom stereocenters. The normalized spacial score (nSPS) is 31.2. The zero-order valence-corrected chi connectivity index (χ0v) is 12.9. The SMILES string of the molecule is CO[C@H]1O[C@H](CN)[C@@H](OC(C)=O)[C@H](OC(C)=O)[C@H]1OC(C)=O. The first-order valence-electron chi connectivity index (χ1n) is 6.70. The van der Waals surface area contributed by atoms with Crippen LogP contribution in [0.2, 0.25) is 0 Å². The van der Waals surface area contributed by atoms with Gasteiger partial charge in [-0.2, -0.15) is 0 Å². The average Bonchev–Trinajstić information content (AvgIpc) is 2.41. The minimum atomic E-state index is -1.09. The van der Waals surface area contributed by atoms with Crippen molar-refractivity contribution < 1.29 is 38.1 Å². The number of hydrogen-bond acceptors (Lipinski definition) is 9. The van der Waals surface area contributed by atoms with Crippen molar-refractivity contribution in [2.75, 3.05) is 13.7 Å². The number of carbonyl (C=O) groups excluding carboxylic acids is 3. The minimum Gasteiger partial charge on any atom is -0.456 e. The predicted octanol–water partition coefficient (Wildman–Crippen LogP) is -0.888. The molecule has 126 valence electrons. The van der Waals surface area contributed by atoms with Crippen molar-refractivity contribution >= 4 is 17.9 Å². The Kier molecular flexibility index (Phi) is 6.72. The molecule has 1 rings (SSSR count). The van der Waals surface area contributed by atoms with E-state index < -0.39 is 48.6 Å². The van der Waals surface area contributed by atoms with Gasteiger partial charge in [0.05, 0.1) is 0 Å². The molecule has 1 fully saturated rings. The molecule has 9 heteroatoms. The molecule has 0 aromatic heterocycles. The zero-order valence-electron chi connectivity index (χ0n) is 12.9. The summed E-state index contributed by atoms with van der Waals surface area (Å²) in [5, 5.41) is 0. The van der Waals surface area contributed by atoms with Gasteiger partial charge in [-0.1, -0.05) is 0 Å². The predicted molar refractivity (Wildman–Crippen MR) is 71.4 cm³/mol. The maximum atomic E-state index is 11.3. The van der Waals surface area contributed by atoms with E-state index in [-0.39, 0.29) is 6.54 Å². The van der Waals surface area contributed by atoms with Crippen molar-refractivity contribution in [2.24, 2.45) is 5.73 Å². The fraction of sp³-hybridized carbons (Fsp3) is 0.769. The number of ether oxygens (including phenoxy) is 5. The highest BCUT2D eigenvalue weighted by Gasteiger charge is 2.51. The summed E-state index contributed by atoms with van der Waals surface area (Å²) in [5.41, 5.74) is 5.61. The Morgan fingerprint density at radius 2 is 1.36 bits per heavy atom. The molecular formula is C13H21NO8. The van der Waals surface area contributed by atoms with Gasteiger partial charge >= 0.3 is 17.9 Å². The Morgan fingerprint density at radius 1 is 0.909 bits per heavy atom. The van der Waals surface area contributed by atoms with Crippen LogP contribution in [0.1, 0.15) is 20.8 Å². The van der Waals surface area contributed by atoms with Gasteiger partial charge in [-0.15, -0.1) is 0 Å². The molecular weight excluding hydrogens is 298 g/mol. The van der Waals surface area contributed by atoms with E-state index in [1.807, 2.05) is 0 Å². The van der Waals surface area contributed by atoms with Gasteiger partial charge in [0.1, 0.15) is 6.10 Å². The Morgan fingerprint density at radius 3 is 1.77 bits per heavy atom. The molecule has 0 aromatic rings. The summed E-state index contributed by atoms with van der Waals surface area (Å²) in [6.07, 6.45) is -4.96. The Balaban J connectivity index is 3.14. The molecule has 0 aliphatic carbocycles. The topological polar surface area (TPSA) is 123 Å². The zero-order chi connectivity index (χ0) is 16.9. The molecule has 1 heterocycles. The molecule has 5 atom stereocenters. The van der Waals surface area contributed by atoms with E-state index >= 15 is 0 Å². The smallest absolute Gasteiger partial charge is 0.303 e.